The summed E-state index contributed by atoms with van der Waals surface area (Å²) in [4.78, 5) is 32.1. The first-order chi connectivity index (χ1) is 15.3. The molecule has 3 heterocycles. The number of rotatable bonds is 4. The monoisotopic (exact) mass is 429 g/mol. The van der Waals surface area contributed by atoms with E-state index in [0.717, 1.165) is 22.3 Å². The van der Waals surface area contributed by atoms with Crippen molar-refractivity contribution < 1.29 is 14.0 Å². The molecule has 2 aliphatic rings. The number of amides is 2. The van der Waals surface area contributed by atoms with Gasteiger partial charge in [0.15, 0.2) is 12.1 Å². The minimum atomic E-state index is -0.841. The van der Waals surface area contributed by atoms with E-state index in [1.54, 1.807) is 0 Å². The van der Waals surface area contributed by atoms with Crippen molar-refractivity contribution in [3.8, 4) is 11.5 Å². The van der Waals surface area contributed by atoms with Crippen LogP contribution in [0.4, 0.5) is 5.69 Å². The quantitative estimate of drug-likeness (QED) is 0.583. The van der Waals surface area contributed by atoms with Gasteiger partial charge in [0.25, 0.3) is 11.8 Å². The maximum atomic E-state index is 13.3. The van der Waals surface area contributed by atoms with E-state index in [-0.39, 0.29) is 18.4 Å². The van der Waals surface area contributed by atoms with E-state index in [1.165, 1.54) is 9.91 Å². The summed E-state index contributed by atoms with van der Waals surface area (Å²) < 4.78 is 5.85. The van der Waals surface area contributed by atoms with Crippen molar-refractivity contribution in [1.82, 2.24) is 9.99 Å². The SMILES string of the molecule is Cc1ccc(-c2nc(CN3N=N[C@@H]4C(=O)N(c5cc(C)cc(C)c5)C(=O)[C@H]43)c(C)o2)cc1. The van der Waals surface area contributed by atoms with Crippen molar-refractivity contribution >= 4 is 17.5 Å². The topological polar surface area (TPSA) is 91.4 Å². The molecule has 0 N–H and O–H groups in total. The van der Waals surface area contributed by atoms with Crippen molar-refractivity contribution in [2.24, 2.45) is 10.3 Å². The van der Waals surface area contributed by atoms with E-state index in [1.807, 2.05) is 70.2 Å². The minimum absolute atomic E-state index is 0.228. The molecular weight excluding hydrogens is 406 g/mol. The Morgan fingerprint density at radius 2 is 1.59 bits per heavy atom. The molecule has 0 unspecified atom stereocenters. The number of aryl methyl sites for hydroxylation is 4. The summed E-state index contributed by atoms with van der Waals surface area (Å²) >= 11 is 0. The summed E-state index contributed by atoms with van der Waals surface area (Å²) in [7, 11) is 0. The number of carbonyl (C=O) groups excluding carboxylic acids is 2. The average molecular weight is 429 g/mol. The number of carbonyl (C=O) groups is 2. The first kappa shape index (κ1) is 20.1. The van der Waals surface area contributed by atoms with Crippen molar-refractivity contribution in [3.05, 3.63) is 70.6 Å². The molecule has 0 radical (unpaired) electrons. The Kier molecular flexibility index (Phi) is 4.65. The average Bonchev–Trinajstić information content (AvgIpc) is 3.38. The molecule has 5 rings (SSSR count). The molecule has 0 saturated carbocycles. The van der Waals surface area contributed by atoms with Gasteiger partial charge in [-0.2, -0.15) is 5.11 Å². The summed E-state index contributed by atoms with van der Waals surface area (Å²) in [5.74, 6) is 0.474. The van der Waals surface area contributed by atoms with Crippen LogP contribution in [0.5, 0.6) is 0 Å². The fraction of sp³-hybridized carbons (Fsp3) is 0.292. The summed E-state index contributed by atoms with van der Waals surface area (Å²) in [6.45, 7) is 7.95. The normalized spacial score (nSPS) is 19.9. The first-order valence-electron chi connectivity index (χ1n) is 10.5. The fourth-order valence-corrected chi connectivity index (χ4v) is 4.24. The Morgan fingerprint density at radius 1 is 0.906 bits per heavy atom. The van der Waals surface area contributed by atoms with Crippen LogP contribution in [-0.4, -0.2) is 33.9 Å². The maximum absolute atomic E-state index is 13.3. The maximum Gasteiger partial charge on any atom is 0.263 e. The second-order valence-corrected chi connectivity index (χ2v) is 8.44. The van der Waals surface area contributed by atoms with Gasteiger partial charge in [-0.15, -0.1) is 0 Å². The Morgan fingerprint density at radius 3 is 2.28 bits per heavy atom. The number of nitrogens with zero attached hydrogens (tertiary/aromatic N) is 5. The number of hydrogen-bond donors (Lipinski definition) is 0. The number of oxazole rings is 1. The molecule has 0 spiro atoms. The molecule has 8 nitrogen and oxygen atoms in total. The zero-order chi connectivity index (χ0) is 22.6. The van der Waals surface area contributed by atoms with Gasteiger partial charge in [0.2, 0.25) is 5.89 Å². The van der Waals surface area contributed by atoms with E-state index in [4.69, 9.17) is 4.42 Å². The Bertz CT molecular complexity index is 1240. The predicted molar refractivity (Wildman–Crippen MR) is 118 cm³/mol. The van der Waals surface area contributed by atoms with Gasteiger partial charge in [0, 0.05) is 5.56 Å². The van der Waals surface area contributed by atoms with Crippen LogP contribution in [0.15, 0.2) is 57.2 Å². The summed E-state index contributed by atoms with van der Waals surface area (Å²) in [5, 5.41) is 9.77. The minimum Gasteiger partial charge on any atom is -0.441 e. The van der Waals surface area contributed by atoms with Crippen LogP contribution in [0.25, 0.3) is 11.5 Å². The molecule has 2 aromatic carbocycles. The van der Waals surface area contributed by atoms with E-state index in [0.29, 0.717) is 23.0 Å². The van der Waals surface area contributed by atoms with Crippen LogP contribution in [0, 0.1) is 27.7 Å². The van der Waals surface area contributed by atoms with E-state index >= 15 is 0 Å². The molecule has 2 aliphatic heterocycles. The van der Waals surface area contributed by atoms with Crippen molar-refractivity contribution in [2.45, 2.75) is 46.3 Å². The van der Waals surface area contributed by atoms with Crippen molar-refractivity contribution in [2.75, 3.05) is 4.90 Å². The van der Waals surface area contributed by atoms with Gasteiger partial charge in [-0.1, -0.05) is 29.0 Å². The fourth-order valence-electron chi connectivity index (χ4n) is 4.24. The third-order valence-electron chi connectivity index (χ3n) is 5.83. The van der Waals surface area contributed by atoms with Gasteiger partial charge in [-0.25, -0.2) is 9.88 Å². The van der Waals surface area contributed by atoms with Crippen molar-refractivity contribution in [1.29, 1.82) is 0 Å². The smallest absolute Gasteiger partial charge is 0.263 e. The third kappa shape index (κ3) is 3.28. The summed E-state index contributed by atoms with van der Waals surface area (Å²) in [6.07, 6.45) is 0. The Balaban J connectivity index is 1.40. The standard InChI is InChI=1S/C24H23N5O3/c1-13-5-7-17(8-6-13)22-25-19(16(4)32-22)12-28-21-20(26-27-28)23(30)29(24(21)31)18-10-14(2)9-15(3)11-18/h5-11,20-21H,12H2,1-4H3/t20-,21-/m0/s1. The van der Waals surface area contributed by atoms with Crippen molar-refractivity contribution in [3.63, 3.8) is 0 Å². The lowest BCUT2D eigenvalue weighted by molar-refractivity contribution is -0.123. The molecule has 8 heteroatoms. The molecule has 1 fully saturated rings. The Hall–Kier alpha value is -3.81. The molecule has 162 valence electrons. The Labute approximate surface area is 185 Å². The second-order valence-electron chi connectivity index (χ2n) is 8.44. The zero-order valence-corrected chi connectivity index (χ0v) is 18.4. The third-order valence-corrected chi connectivity index (χ3v) is 5.83. The molecule has 1 saturated heterocycles. The molecular formula is C24H23N5O3. The molecule has 2 amide bonds. The zero-order valence-electron chi connectivity index (χ0n) is 18.4. The van der Waals surface area contributed by atoms with Gasteiger partial charge in [-0.05, 0) is 63.1 Å². The van der Waals surface area contributed by atoms with E-state index in [9.17, 15) is 9.59 Å². The lowest BCUT2D eigenvalue weighted by Crippen LogP contribution is -2.39. The van der Waals surface area contributed by atoms with E-state index in [2.05, 4.69) is 15.3 Å². The van der Waals surface area contributed by atoms with Gasteiger partial charge in [0.05, 0.1) is 12.2 Å². The highest BCUT2D eigenvalue weighted by molar-refractivity contribution is 6.25. The van der Waals surface area contributed by atoms with Crippen LogP contribution < -0.4 is 4.90 Å². The summed E-state index contributed by atoms with van der Waals surface area (Å²) in [5.41, 5.74) is 5.22. The predicted octanol–water partition coefficient (Wildman–Crippen LogP) is 4.07. The van der Waals surface area contributed by atoms with Crippen LogP contribution in [0.1, 0.15) is 28.1 Å². The van der Waals surface area contributed by atoms with Gasteiger partial charge in [0.1, 0.15) is 11.5 Å². The highest BCUT2D eigenvalue weighted by Gasteiger charge is 2.55. The molecule has 2 atom stereocenters. The molecule has 0 aliphatic carbocycles. The summed E-state index contributed by atoms with van der Waals surface area (Å²) in [6, 6.07) is 12.0. The van der Waals surface area contributed by atoms with Crippen LogP contribution in [-0.2, 0) is 16.1 Å². The highest BCUT2D eigenvalue weighted by Crippen LogP contribution is 2.34. The van der Waals surface area contributed by atoms with Gasteiger partial charge >= 0.3 is 0 Å². The molecule has 32 heavy (non-hydrogen) atoms. The molecule has 3 aromatic rings. The largest absolute Gasteiger partial charge is 0.441 e. The van der Waals surface area contributed by atoms with Crippen LogP contribution >= 0.6 is 0 Å². The second kappa shape index (κ2) is 7.40. The molecule has 1 aromatic heterocycles. The lowest BCUT2D eigenvalue weighted by atomic mass is 10.1. The highest BCUT2D eigenvalue weighted by atomic mass is 16.4. The van der Waals surface area contributed by atoms with Crippen LogP contribution in [0.3, 0.4) is 0 Å². The number of imide groups is 1. The lowest BCUT2D eigenvalue weighted by Gasteiger charge is -2.20. The number of aromatic nitrogens is 1. The van der Waals surface area contributed by atoms with Gasteiger partial charge < -0.3 is 4.42 Å². The number of anilines is 1. The number of hydrogen-bond acceptors (Lipinski definition) is 7. The molecule has 0 bridgehead atoms. The van der Waals surface area contributed by atoms with E-state index < -0.39 is 12.1 Å². The van der Waals surface area contributed by atoms with Gasteiger partial charge in [-0.3, -0.25) is 14.6 Å². The number of benzene rings is 2. The van der Waals surface area contributed by atoms with Crippen LogP contribution in [0.2, 0.25) is 0 Å². The first-order valence-corrected chi connectivity index (χ1v) is 10.5. The number of fused-ring (bicyclic) bond motifs is 1.